The molecule has 2 rings (SSSR count). The van der Waals surface area contributed by atoms with E-state index in [2.05, 4.69) is 0 Å². The van der Waals surface area contributed by atoms with Gasteiger partial charge in [-0.3, -0.25) is 0 Å². The Morgan fingerprint density at radius 2 is 1.47 bits per heavy atom. The third-order valence-corrected chi connectivity index (χ3v) is 3.70. The molecule has 0 fully saturated rings. The summed E-state index contributed by atoms with van der Waals surface area (Å²) in [4.78, 5) is -1.09. The second-order valence-electron chi connectivity index (χ2n) is 3.90. The topological polar surface area (TPSA) is 43.4 Å². The second kappa shape index (κ2) is 4.97. The summed E-state index contributed by atoms with van der Waals surface area (Å²) in [7, 11) is -4.54. The molecular weight excluding hydrogens is 274 g/mol. The van der Waals surface area contributed by atoms with Gasteiger partial charge in [0.2, 0.25) is 0 Å². The minimum absolute atomic E-state index is 0.00625. The number of halogens is 2. The fourth-order valence-electron chi connectivity index (χ4n) is 1.48. The zero-order valence-electron chi connectivity index (χ0n) is 9.93. The van der Waals surface area contributed by atoms with Crippen LogP contribution in [0.4, 0.5) is 8.78 Å². The molecule has 0 aromatic heterocycles. The predicted molar refractivity (Wildman–Crippen MR) is 65.4 cm³/mol. The van der Waals surface area contributed by atoms with Crippen molar-refractivity contribution in [1.82, 2.24) is 0 Å². The molecule has 0 heterocycles. The van der Waals surface area contributed by atoms with Gasteiger partial charge in [-0.15, -0.1) is 0 Å². The lowest BCUT2D eigenvalue weighted by Gasteiger charge is -2.08. The maximum absolute atomic E-state index is 13.4. The van der Waals surface area contributed by atoms with Crippen molar-refractivity contribution in [3.8, 4) is 5.75 Å². The van der Waals surface area contributed by atoms with Crippen molar-refractivity contribution in [2.75, 3.05) is 0 Å². The normalized spacial score (nSPS) is 11.3. The molecule has 6 heteroatoms. The van der Waals surface area contributed by atoms with Gasteiger partial charge >= 0.3 is 10.1 Å². The highest BCUT2D eigenvalue weighted by Crippen LogP contribution is 2.23. The Balaban J connectivity index is 2.41. The van der Waals surface area contributed by atoms with Gasteiger partial charge in [0.15, 0.2) is 4.90 Å². The van der Waals surface area contributed by atoms with Gasteiger partial charge in [0.25, 0.3) is 0 Å². The SMILES string of the molecule is Cc1ccc(OS(=O)(=O)c2c(F)cccc2F)cc1. The van der Waals surface area contributed by atoms with Gasteiger partial charge in [-0.2, -0.15) is 8.42 Å². The van der Waals surface area contributed by atoms with Crippen molar-refractivity contribution in [1.29, 1.82) is 0 Å². The lowest BCUT2D eigenvalue weighted by molar-refractivity contribution is 0.460. The highest BCUT2D eigenvalue weighted by Gasteiger charge is 2.25. The molecule has 2 aromatic rings. The predicted octanol–water partition coefficient (Wildman–Crippen LogP) is 3.04. The van der Waals surface area contributed by atoms with Crippen LogP contribution in [0.3, 0.4) is 0 Å². The first-order valence-corrected chi connectivity index (χ1v) is 6.76. The molecule has 0 unspecified atom stereocenters. The smallest absolute Gasteiger partial charge is 0.345 e. The number of rotatable bonds is 3. The van der Waals surface area contributed by atoms with Crippen molar-refractivity contribution < 1.29 is 21.4 Å². The molecule has 0 N–H and O–H groups in total. The van der Waals surface area contributed by atoms with Gasteiger partial charge < -0.3 is 4.18 Å². The average molecular weight is 284 g/mol. The lowest BCUT2D eigenvalue weighted by atomic mass is 10.2. The molecule has 0 saturated carbocycles. The van der Waals surface area contributed by atoms with Crippen LogP contribution < -0.4 is 4.18 Å². The molecule has 0 radical (unpaired) electrons. The van der Waals surface area contributed by atoms with E-state index in [-0.39, 0.29) is 5.75 Å². The van der Waals surface area contributed by atoms with Crippen LogP contribution in [0.2, 0.25) is 0 Å². The Hall–Kier alpha value is -1.95. The van der Waals surface area contributed by atoms with E-state index in [4.69, 9.17) is 4.18 Å². The fourth-order valence-corrected chi connectivity index (χ4v) is 2.55. The van der Waals surface area contributed by atoms with Gasteiger partial charge in [-0.25, -0.2) is 8.78 Å². The van der Waals surface area contributed by atoms with Crippen LogP contribution in [-0.2, 0) is 10.1 Å². The third kappa shape index (κ3) is 2.90. The molecule has 100 valence electrons. The number of hydrogen-bond donors (Lipinski definition) is 0. The molecule has 0 atom stereocenters. The summed E-state index contributed by atoms with van der Waals surface area (Å²) in [6.45, 7) is 1.81. The third-order valence-electron chi connectivity index (χ3n) is 2.40. The Kier molecular flexibility index (Phi) is 3.53. The van der Waals surface area contributed by atoms with Crippen LogP contribution >= 0.6 is 0 Å². The van der Waals surface area contributed by atoms with Gasteiger partial charge in [0, 0.05) is 0 Å². The zero-order valence-corrected chi connectivity index (χ0v) is 10.7. The molecule has 3 nitrogen and oxygen atoms in total. The summed E-state index contributed by atoms with van der Waals surface area (Å²) in [5, 5.41) is 0. The van der Waals surface area contributed by atoms with Crippen LogP contribution in [0.5, 0.6) is 5.75 Å². The molecule has 2 aromatic carbocycles. The summed E-state index contributed by atoms with van der Waals surface area (Å²) in [6.07, 6.45) is 0. The molecule has 0 bridgehead atoms. The number of hydrogen-bond acceptors (Lipinski definition) is 3. The minimum atomic E-state index is -4.54. The monoisotopic (exact) mass is 284 g/mol. The summed E-state index contributed by atoms with van der Waals surface area (Å²) in [5.74, 6) is -2.38. The standard InChI is InChI=1S/C13H10F2O3S/c1-9-5-7-10(8-6-9)18-19(16,17)13-11(14)3-2-4-12(13)15/h2-8H,1H3. The van der Waals surface area contributed by atoms with Gasteiger partial charge in [0.1, 0.15) is 17.4 Å². The van der Waals surface area contributed by atoms with Gasteiger partial charge in [-0.1, -0.05) is 23.8 Å². The van der Waals surface area contributed by atoms with Crippen molar-refractivity contribution >= 4 is 10.1 Å². The summed E-state index contributed by atoms with van der Waals surface area (Å²) >= 11 is 0. The van der Waals surface area contributed by atoms with E-state index in [1.165, 1.54) is 12.1 Å². The first kappa shape index (κ1) is 13.5. The van der Waals surface area contributed by atoms with E-state index in [9.17, 15) is 17.2 Å². The van der Waals surface area contributed by atoms with Crippen LogP contribution in [0.25, 0.3) is 0 Å². The molecule has 0 saturated heterocycles. The minimum Gasteiger partial charge on any atom is -0.379 e. The maximum atomic E-state index is 13.4. The average Bonchev–Trinajstić information content (AvgIpc) is 2.31. The maximum Gasteiger partial charge on any atom is 0.345 e. The first-order valence-electron chi connectivity index (χ1n) is 5.35. The van der Waals surface area contributed by atoms with Crippen LogP contribution in [0.15, 0.2) is 47.4 Å². The van der Waals surface area contributed by atoms with E-state index in [0.29, 0.717) is 0 Å². The first-order chi connectivity index (χ1) is 8.90. The Bertz CT molecular complexity index is 674. The lowest BCUT2D eigenvalue weighted by Crippen LogP contribution is -2.13. The molecule has 0 aliphatic heterocycles. The number of aryl methyl sites for hydroxylation is 1. The van der Waals surface area contributed by atoms with E-state index >= 15 is 0 Å². The summed E-state index contributed by atoms with van der Waals surface area (Å²) in [6, 6.07) is 8.86. The second-order valence-corrected chi connectivity index (χ2v) is 5.38. The Morgan fingerprint density at radius 3 is 2.00 bits per heavy atom. The van der Waals surface area contributed by atoms with Gasteiger partial charge in [-0.05, 0) is 31.2 Å². The van der Waals surface area contributed by atoms with E-state index in [0.717, 1.165) is 23.8 Å². The Morgan fingerprint density at radius 1 is 0.947 bits per heavy atom. The Labute approximate surface area is 109 Å². The molecule has 0 aliphatic rings. The molecule has 0 spiro atoms. The zero-order chi connectivity index (χ0) is 14.0. The van der Waals surface area contributed by atoms with E-state index in [1.807, 2.05) is 6.92 Å². The van der Waals surface area contributed by atoms with Crippen LogP contribution in [-0.4, -0.2) is 8.42 Å². The fraction of sp³-hybridized carbons (Fsp3) is 0.0769. The summed E-state index contributed by atoms with van der Waals surface area (Å²) in [5.41, 5.74) is 0.904. The van der Waals surface area contributed by atoms with Crippen molar-refractivity contribution in [3.05, 3.63) is 59.7 Å². The highest BCUT2D eigenvalue weighted by atomic mass is 32.2. The molecular formula is C13H10F2O3S. The van der Waals surface area contributed by atoms with E-state index < -0.39 is 26.6 Å². The molecule has 0 amide bonds. The van der Waals surface area contributed by atoms with Crippen molar-refractivity contribution in [2.24, 2.45) is 0 Å². The van der Waals surface area contributed by atoms with Crippen molar-refractivity contribution in [3.63, 3.8) is 0 Å². The number of benzene rings is 2. The highest BCUT2D eigenvalue weighted by molar-refractivity contribution is 7.87. The molecule has 0 aliphatic carbocycles. The molecule has 19 heavy (non-hydrogen) atoms. The van der Waals surface area contributed by atoms with Crippen LogP contribution in [0, 0.1) is 18.6 Å². The van der Waals surface area contributed by atoms with E-state index in [1.54, 1.807) is 12.1 Å². The van der Waals surface area contributed by atoms with Crippen LogP contribution in [0.1, 0.15) is 5.56 Å². The quantitative estimate of drug-likeness (QED) is 0.814. The largest absolute Gasteiger partial charge is 0.379 e. The van der Waals surface area contributed by atoms with Crippen molar-refractivity contribution in [2.45, 2.75) is 11.8 Å². The van der Waals surface area contributed by atoms with Gasteiger partial charge in [0.05, 0.1) is 0 Å². The summed E-state index contributed by atoms with van der Waals surface area (Å²) < 4.78 is 55.2.